The molecule has 0 saturated heterocycles. The number of nitrogens with one attached hydrogen (secondary N) is 1. The lowest BCUT2D eigenvalue weighted by Crippen LogP contribution is -2.29. The SMILES string of the molecule is CC(NC1CC=CC1)c1nc(Cc2ccc(Cl)cc2)no1. The van der Waals surface area contributed by atoms with E-state index in [4.69, 9.17) is 16.1 Å². The van der Waals surface area contributed by atoms with Gasteiger partial charge in [-0.1, -0.05) is 41.0 Å². The van der Waals surface area contributed by atoms with Crippen molar-refractivity contribution in [2.45, 2.75) is 38.3 Å². The Hall–Kier alpha value is -1.65. The van der Waals surface area contributed by atoms with E-state index in [1.165, 1.54) is 0 Å². The molecule has 1 aliphatic carbocycles. The lowest BCUT2D eigenvalue weighted by Gasteiger charge is -2.15. The quantitative estimate of drug-likeness (QED) is 0.856. The van der Waals surface area contributed by atoms with Gasteiger partial charge in [-0.15, -0.1) is 0 Å². The molecule has 3 rings (SSSR count). The van der Waals surface area contributed by atoms with Crippen LogP contribution in [-0.4, -0.2) is 16.2 Å². The zero-order valence-corrected chi connectivity index (χ0v) is 12.7. The second-order valence-corrected chi connectivity index (χ2v) is 5.82. The minimum Gasteiger partial charge on any atom is -0.338 e. The summed E-state index contributed by atoms with van der Waals surface area (Å²) in [5.41, 5.74) is 1.12. The predicted octanol–water partition coefficient (Wildman–Crippen LogP) is 3.68. The summed E-state index contributed by atoms with van der Waals surface area (Å²) in [6.45, 7) is 2.05. The molecule has 0 amide bonds. The van der Waals surface area contributed by atoms with Crippen molar-refractivity contribution in [3.05, 3.63) is 58.7 Å². The van der Waals surface area contributed by atoms with Gasteiger partial charge in [0.1, 0.15) is 0 Å². The lowest BCUT2D eigenvalue weighted by atomic mass is 10.1. The zero-order valence-electron chi connectivity index (χ0n) is 11.9. The summed E-state index contributed by atoms with van der Waals surface area (Å²) in [7, 11) is 0. The van der Waals surface area contributed by atoms with E-state index in [1.54, 1.807) is 0 Å². The first kappa shape index (κ1) is 14.3. The maximum absolute atomic E-state index is 5.88. The Bertz CT molecular complexity index is 613. The number of nitrogens with zero attached hydrogens (tertiary/aromatic N) is 2. The Labute approximate surface area is 129 Å². The first-order chi connectivity index (χ1) is 10.2. The van der Waals surface area contributed by atoms with Crippen LogP contribution in [0.2, 0.25) is 5.02 Å². The van der Waals surface area contributed by atoms with Crippen molar-refractivity contribution < 1.29 is 4.52 Å². The maximum atomic E-state index is 5.88. The van der Waals surface area contributed by atoms with Gasteiger partial charge in [-0.25, -0.2) is 0 Å². The summed E-state index contributed by atoms with van der Waals surface area (Å²) in [6.07, 6.45) is 7.18. The second kappa shape index (κ2) is 6.41. The maximum Gasteiger partial charge on any atom is 0.243 e. The molecule has 1 unspecified atom stereocenters. The average molecular weight is 304 g/mol. The number of halogens is 1. The van der Waals surface area contributed by atoms with Crippen LogP contribution in [0, 0.1) is 0 Å². The van der Waals surface area contributed by atoms with E-state index in [-0.39, 0.29) is 6.04 Å². The summed E-state index contributed by atoms with van der Waals surface area (Å²) in [5.74, 6) is 1.34. The summed E-state index contributed by atoms with van der Waals surface area (Å²) in [6, 6.07) is 8.24. The summed E-state index contributed by atoms with van der Waals surface area (Å²) >= 11 is 5.88. The minimum absolute atomic E-state index is 0.0707. The molecular formula is C16H18ClN3O. The molecule has 1 aromatic heterocycles. The van der Waals surface area contributed by atoms with E-state index in [0.29, 0.717) is 24.2 Å². The number of hydrogen-bond acceptors (Lipinski definition) is 4. The highest BCUT2D eigenvalue weighted by Crippen LogP contribution is 2.17. The summed E-state index contributed by atoms with van der Waals surface area (Å²) in [5, 5.41) is 8.29. The van der Waals surface area contributed by atoms with Crippen molar-refractivity contribution in [1.29, 1.82) is 0 Å². The fourth-order valence-corrected chi connectivity index (χ4v) is 2.60. The third-order valence-electron chi connectivity index (χ3n) is 3.62. The number of hydrogen-bond donors (Lipinski definition) is 1. The Morgan fingerprint density at radius 1 is 1.29 bits per heavy atom. The number of aromatic nitrogens is 2. The van der Waals surface area contributed by atoms with Gasteiger partial charge in [-0.05, 0) is 37.5 Å². The normalized spacial score (nSPS) is 16.5. The van der Waals surface area contributed by atoms with Crippen molar-refractivity contribution in [3.8, 4) is 0 Å². The van der Waals surface area contributed by atoms with Gasteiger partial charge in [-0.2, -0.15) is 4.98 Å². The van der Waals surface area contributed by atoms with Gasteiger partial charge >= 0.3 is 0 Å². The van der Waals surface area contributed by atoms with Crippen molar-refractivity contribution >= 4 is 11.6 Å². The molecule has 0 bridgehead atoms. The predicted molar refractivity (Wildman–Crippen MR) is 82.3 cm³/mol. The van der Waals surface area contributed by atoms with Gasteiger partial charge in [0.2, 0.25) is 5.89 Å². The van der Waals surface area contributed by atoms with E-state index >= 15 is 0 Å². The second-order valence-electron chi connectivity index (χ2n) is 5.38. The van der Waals surface area contributed by atoms with Gasteiger partial charge in [0.05, 0.1) is 6.04 Å². The average Bonchev–Trinajstić information content (AvgIpc) is 3.13. The molecule has 0 saturated carbocycles. The first-order valence-electron chi connectivity index (χ1n) is 7.18. The van der Waals surface area contributed by atoms with E-state index in [2.05, 4.69) is 34.5 Å². The molecule has 1 aliphatic rings. The Kier molecular flexibility index (Phi) is 4.36. The third kappa shape index (κ3) is 3.71. The zero-order chi connectivity index (χ0) is 14.7. The molecule has 110 valence electrons. The van der Waals surface area contributed by atoms with Crippen LogP contribution in [0.25, 0.3) is 0 Å². The standard InChI is InChI=1S/C16H18ClN3O/c1-11(18-14-4-2-3-5-14)16-19-15(20-21-16)10-12-6-8-13(17)9-7-12/h2-3,6-9,11,14,18H,4-5,10H2,1H3. The molecule has 0 spiro atoms. The van der Waals surface area contributed by atoms with Crippen LogP contribution in [0.3, 0.4) is 0 Å². The van der Waals surface area contributed by atoms with Crippen LogP contribution in [0.1, 0.15) is 43.1 Å². The highest BCUT2D eigenvalue weighted by molar-refractivity contribution is 6.30. The highest BCUT2D eigenvalue weighted by atomic mass is 35.5. The summed E-state index contributed by atoms with van der Waals surface area (Å²) in [4.78, 5) is 4.48. The Morgan fingerprint density at radius 3 is 2.71 bits per heavy atom. The molecule has 21 heavy (non-hydrogen) atoms. The fraction of sp³-hybridized carbons (Fsp3) is 0.375. The van der Waals surface area contributed by atoms with Gasteiger partial charge in [0.15, 0.2) is 5.82 Å². The van der Waals surface area contributed by atoms with Gasteiger partial charge in [0.25, 0.3) is 0 Å². The van der Waals surface area contributed by atoms with E-state index in [1.807, 2.05) is 24.3 Å². The monoisotopic (exact) mass is 303 g/mol. The Balaban J connectivity index is 1.61. The van der Waals surface area contributed by atoms with Crippen molar-refractivity contribution in [2.24, 2.45) is 0 Å². The molecule has 5 heteroatoms. The van der Waals surface area contributed by atoms with E-state index in [9.17, 15) is 0 Å². The van der Waals surface area contributed by atoms with Gasteiger partial charge < -0.3 is 9.84 Å². The van der Waals surface area contributed by atoms with Crippen LogP contribution >= 0.6 is 11.6 Å². The van der Waals surface area contributed by atoms with Crippen LogP contribution in [0.4, 0.5) is 0 Å². The largest absolute Gasteiger partial charge is 0.338 e. The topological polar surface area (TPSA) is 51.0 Å². The van der Waals surface area contributed by atoms with E-state index < -0.39 is 0 Å². The van der Waals surface area contributed by atoms with Crippen LogP contribution in [0.5, 0.6) is 0 Å². The molecule has 1 atom stereocenters. The lowest BCUT2D eigenvalue weighted by molar-refractivity contribution is 0.323. The van der Waals surface area contributed by atoms with Crippen molar-refractivity contribution in [1.82, 2.24) is 15.5 Å². The minimum atomic E-state index is 0.0707. The van der Waals surface area contributed by atoms with Crippen molar-refractivity contribution in [2.75, 3.05) is 0 Å². The molecule has 2 aromatic rings. The van der Waals surface area contributed by atoms with Crippen LogP contribution in [0.15, 0.2) is 40.9 Å². The summed E-state index contributed by atoms with van der Waals surface area (Å²) < 4.78 is 5.36. The molecule has 0 fully saturated rings. The Morgan fingerprint density at radius 2 is 2.00 bits per heavy atom. The molecule has 1 N–H and O–H groups in total. The fourth-order valence-electron chi connectivity index (χ4n) is 2.48. The number of rotatable bonds is 5. The van der Waals surface area contributed by atoms with Gasteiger partial charge in [0, 0.05) is 17.5 Å². The molecular weight excluding hydrogens is 286 g/mol. The molecule has 4 nitrogen and oxygen atoms in total. The molecule has 0 radical (unpaired) electrons. The van der Waals surface area contributed by atoms with Crippen LogP contribution < -0.4 is 5.32 Å². The van der Waals surface area contributed by atoms with Crippen LogP contribution in [-0.2, 0) is 6.42 Å². The van der Waals surface area contributed by atoms with Gasteiger partial charge in [-0.3, -0.25) is 0 Å². The van der Waals surface area contributed by atoms with E-state index in [0.717, 1.165) is 23.4 Å². The smallest absolute Gasteiger partial charge is 0.243 e. The van der Waals surface area contributed by atoms with Crippen molar-refractivity contribution in [3.63, 3.8) is 0 Å². The molecule has 1 heterocycles. The molecule has 0 aliphatic heterocycles. The third-order valence-corrected chi connectivity index (χ3v) is 3.88. The molecule has 1 aromatic carbocycles. The first-order valence-corrected chi connectivity index (χ1v) is 7.56. The highest BCUT2D eigenvalue weighted by Gasteiger charge is 2.19. The number of benzene rings is 1.